The standard InChI is InChI=1S/C18H19NOS/c1-2-14-21-17-11-7-6-10-16(17)19-18(20)13-12-15-8-4-3-5-9-15/h3-13H,2,14H2,1H3,(H,19,20). The SMILES string of the molecule is CCCSc1ccccc1NC(=O)C=Cc1ccccc1. The average Bonchev–Trinajstić information content (AvgIpc) is 2.53. The third-order valence-corrected chi connectivity index (χ3v) is 4.11. The summed E-state index contributed by atoms with van der Waals surface area (Å²) in [4.78, 5) is 13.1. The molecule has 0 spiro atoms. The first-order valence-corrected chi connectivity index (χ1v) is 8.04. The molecule has 3 heteroatoms. The van der Waals surface area contributed by atoms with Crippen molar-refractivity contribution in [1.29, 1.82) is 0 Å². The van der Waals surface area contributed by atoms with Crippen LogP contribution in [0.2, 0.25) is 0 Å². The molecule has 1 N–H and O–H groups in total. The van der Waals surface area contributed by atoms with Gasteiger partial charge in [-0.15, -0.1) is 11.8 Å². The van der Waals surface area contributed by atoms with Gasteiger partial charge >= 0.3 is 0 Å². The number of thioether (sulfide) groups is 1. The van der Waals surface area contributed by atoms with Crippen LogP contribution in [0.5, 0.6) is 0 Å². The van der Waals surface area contributed by atoms with E-state index in [0.29, 0.717) is 0 Å². The van der Waals surface area contributed by atoms with E-state index < -0.39 is 0 Å². The van der Waals surface area contributed by atoms with Crippen LogP contribution in [-0.2, 0) is 4.79 Å². The first kappa shape index (κ1) is 15.4. The van der Waals surface area contributed by atoms with Crippen LogP contribution in [0.25, 0.3) is 6.08 Å². The van der Waals surface area contributed by atoms with Crippen molar-refractivity contribution < 1.29 is 4.79 Å². The van der Waals surface area contributed by atoms with Crippen LogP contribution in [0.3, 0.4) is 0 Å². The maximum Gasteiger partial charge on any atom is 0.248 e. The van der Waals surface area contributed by atoms with Crippen molar-refractivity contribution in [3.8, 4) is 0 Å². The summed E-state index contributed by atoms with van der Waals surface area (Å²) >= 11 is 1.76. The van der Waals surface area contributed by atoms with Crippen LogP contribution in [0.1, 0.15) is 18.9 Å². The second-order valence-electron chi connectivity index (χ2n) is 4.58. The van der Waals surface area contributed by atoms with Crippen molar-refractivity contribution in [2.24, 2.45) is 0 Å². The number of rotatable bonds is 6. The lowest BCUT2D eigenvalue weighted by Crippen LogP contribution is -2.08. The number of hydrogen-bond acceptors (Lipinski definition) is 2. The van der Waals surface area contributed by atoms with Gasteiger partial charge in [-0.3, -0.25) is 4.79 Å². The molecule has 0 saturated heterocycles. The zero-order valence-corrected chi connectivity index (χ0v) is 12.9. The van der Waals surface area contributed by atoms with Crippen molar-refractivity contribution in [2.45, 2.75) is 18.2 Å². The van der Waals surface area contributed by atoms with E-state index in [4.69, 9.17) is 0 Å². The van der Waals surface area contributed by atoms with Gasteiger partial charge in [-0.1, -0.05) is 49.4 Å². The van der Waals surface area contributed by atoms with Crippen molar-refractivity contribution in [1.82, 2.24) is 0 Å². The lowest BCUT2D eigenvalue weighted by atomic mass is 10.2. The second kappa shape index (κ2) is 8.32. The molecule has 2 rings (SSSR count). The van der Waals surface area contributed by atoms with Gasteiger partial charge in [-0.05, 0) is 35.9 Å². The number of amides is 1. The monoisotopic (exact) mass is 297 g/mol. The van der Waals surface area contributed by atoms with E-state index in [1.165, 1.54) is 0 Å². The highest BCUT2D eigenvalue weighted by molar-refractivity contribution is 7.99. The normalized spacial score (nSPS) is 10.7. The van der Waals surface area contributed by atoms with E-state index in [-0.39, 0.29) is 5.91 Å². The van der Waals surface area contributed by atoms with Crippen molar-refractivity contribution >= 4 is 29.4 Å². The highest BCUT2D eigenvalue weighted by Crippen LogP contribution is 2.27. The highest BCUT2D eigenvalue weighted by Gasteiger charge is 2.04. The Kier molecular flexibility index (Phi) is 6.10. The minimum Gasteiger partial charge on any atom is -0.321 e. The first-order valence-electron chi connectivity index (χ1n) is 7.05. The minimum absolute atomic E-state index is 0.108. The molecule has 0 saturated carbocycles. The summed E-state index contributed by atoms with van der Waals surface area (Å²) in [7, 11) is 0. The zero-order chi connectivity index (χ0) is 14.9. The molecule has 0 aliphatic carbocycles. The average molecular weight is 297 g/mol. The van der Waals surface area contributed by atoms with Gasteiger partial charge in [0.05, 0.1) is 5.69 Å². The first-order chi connectivity index (χ1) is 10.3. The summed E-state index contributed by atoms with van der Waals surface area (Å²) in [5.74, 6) is 0.940. The molecule has 1 amide bonds. The van der Waals surface area contributed by atoms with E-state index >= 15 is 0 Å². The van der Waals surface area contributed by atoms with Gasteiger partial charge in [0.15, 0.2) is 0 Å². The summed E-state index contributed by atoms with van der Waals surface area (Å²) in [6, 6.07) is 17.7. The van der Waals surface area contributed by atoms with Gasteiger partial charge in [-0.2, -0.15) is 0 Å². The van der Waals surface area contributed by atoms with Crippen LogP contribution < -0.4 is 5.32 Å². The van der Waals surface area contributed by atoms with E-state index in [1.54, 1.807) is 17.8 Å². The highest BCUT2D eigenvalue weighted by atomic mass is 32.2. The smallest absolute Gasteiger partial charge is 0.248 e. The molecule has 0 bridgehead atoms. The van der Waals surface area contributed by atoms with Gasteiger partial charge in [0.1, 0.15) is 0 Å². The topological polar surface area (TPSA) is 29.1 Å². The Morgan fingerprint density at radius 2 is 1.81 bits per heavy atom. The molecule has 0 radical (unpaired) electrons. The number of carbonyl (C=O) groups is 1. The molecule has 0 heterocycles. The maximum absolute atomic E-state index is 12.0. The molecule has 21 heavy (non-hydrogen) atoms. The van der Waals surface area contributed by atoms with Gasteiger partial charge < -0.3 is 5.32 Å². The van der Waals surface area contributed by atoms with Gasteiger partial charge in [0.25, 0.3) is 0 Å². The van der Waals surface area contributed by atoms with Crippen LogP contribution in [0.4, 0.5) is 5.69 Å². The van der Waals surface area contributed by atoms with Crippen LogP contribution >= 0.6 is 11.8 Å². The Balaban J connectivity index is 2.01. The van der Waals surface area contributed by atoms with Crippen molar-refractivity contribution in [3.05, 3.63) is 66.2 Å². The van der Waals surface area contributed by atoms with Gasteiger partial charge in [-0.25, -0.2) is 0 Å². The predicted molar refractivity (Wildman–Crippen MR) is 91.6 cm³/mol. The third-order valence-electron chi connectivity index (χ3n) is 2.83. The van der Waals surface area contributed by atoms with Crippen molar-refractivity contribution in [2.75, 3.05) is 11.1 Å². The molecule has 0 unspecified atom stereocenters. The number of hydrogen-bond donors (Lipinski definition) is 1. The fraction of sp³-hybridized carbons (Fsp3) is 0.167. The molecule has 108 valence electrons. The molecule has 2 nitrogen and oxygen atoms in total. The fourth-order valence-electron chi connectivity index (χ4n) is 1.82. The van der Waals surface area contributed by atoms with E-state index in [0.717, 1.165) is 28.3 Å². The summed E-state index contributed by atoms with van der Waals surface area (Å²) in [6.45, 7) is 2.15. The number of benzene rings is 2. The summed E-state index contributed by atoms with van der Waals surface area (Å²) in [5, 5.41) is 2.94. The van der Waals surface area contributed by atoms with Gasteiger partial charge in [0, 0.05) is 11.0 Å². The summed E-state index contributed by atoms with van der Waals surface area (Å²) in [5.41, 5.74) is 1.89. The molecule has 0 aliphatic heterocycles. The van der Waals surface area contributed by atoms with Crippen LogP contribution in [0.15, 0.2) is 65.6 Å². The molecule has 0 aliphatic rings. The predicted octanol–water partition coefficient (Wildman–Crippen LogP) is 4.84. The zero-order valence-electron chi connectivity index (χ0n) is 12.1. The van der Waals surface area contributed by atoms with Gasteiger partial charge in [0.2, 0.25) is 5.91 Å². The van der Waals surface area contributed by atoms with Crippen LogP contribution in [0, 0.1) is 0 Å². The number of anilines is 1. The molecule has 0 fully saturated rings. The van der Waals surface area contributed by atoms with Crippen LogP contribution in [-0.4, -0.2) is 11.7 Å². The Labute approximate surface area is 130 Å². The number of nitrogens with one attached hydrogen (secondary N) is 1. The molecule has 0 aromatic heterocycles. The number of carbonyl (C=O) groups excluding carboxylic acids is 1. The summed E-state index contributed by atoms with van der Waals surface area (Å²) in [6.07, 6.45) is 4.49. The largest absolute Gasteiger partial charge is 0.321 e. The van der Waals surface area contributed by atoms with E-state index in [1.807, 2.05) is 60.7 Å². The molecule has 2 aromatic carbocycles. The molecular weight excluding hydrogens is 278 g/mol. The van der Waals surface area contributed by atoms with Crippen molar-refractivity contribution in [3.63, 3.8) is 0 Å². The van der Waals surface area contributed by atoms with E-state index in [9.17, 15) is 4.79 Å². The Morgan fingerprint density at radius 1 is 1.10 bits per heavy atom. The quantitative estimate of drug-likeness (QED) is 0.610. The Morgan fingerprint density at radius 3 is 2.57 bits per heavy atom. The van der Waals surface area contributed by atoms with E-state index in [2.05, 4.69) is 12.2 Å². The third kappa shape index (κ3) is 5.12. The molecule has 0 atom stereocenters. The fourth-order valence-corrected chi connectivity index (χ4v) is 2.69. The Bertz CT molecular complexity index is 608. The Hall–Kier alpha value is -2.00. The second-order valence-corrected chi connectivity index (χ2v) is 5.71. The lowest BCUT2D eigenvalue weighted by molar-refractivity contribution is -0.111. The molecule has 2 aromatic rings. The minimum atomic E-state index is -0.108. The lowest BCUT2D eigenvalue weighted by Gasteiger charge is -2.08. The number of para-hydroxylation sites is 1. The summed E-state index contributed by atoms with van der Waals surface area (Å²) < 4.78 is 0. The molecular formula is C18H19NOS. The maximum atomic E-state index is 12.0.